The van der Waals surface area contributed by atoms with Gasteiger partial charge in [-0.25, -0.2) is 9.97 Å². The van der Waals surface area contributed by atoms with Crippen LogP contribution in [0.1, 0.15) is 31.9 Å². The molecule has 0 spiro atoms. The maximum atomic E-state index is 12.8. The second-order valence-corrected chi connectivity index (χ2v) is 5.02. The standard InChI is InChI=1S/C8H10FNO.C8H8FN/c1-8(2,11)6-4-3-5-10-7(6)9;1-6(2)7-4-3-5-10-8(7)9/h3-5,11H,1-2H3;3-5H,1H2,2H3. The lowest BCUT2D eigenvalue weighted by molar-refractivity contribution is 0.0736. The summed E-state index contributed by atoms with van der Waals surface area (Å²) in [7, 11) is 0. The van der Waals surface area contributed by atoms with Gasteiger partial charge in [0, 0.05) is 23.5 Å². The fourth-order valence-corrected chi connectivity index (χ4v) is 1.55. The molecule has 0 aromatic carbocycles. The fourth-order valence-electron chi connectivity index (χ4n) is 1.55. The van der Waals surface area contributed by atoms with Crippen LogP contribution in [-0.4, -0.2) is 15.1 Å². The Hall–Kier alpha value is -2.14. The summed E-state index contributed by atoms with van der Waals surface area (Å²) in [6.45, 7) is 8.40. The highest BCUT2D eigenvalue weighted by molar-refractivity contribution is 5.60. The van der Waals surface area contributed by atoms with E-state index in [-0.39, 0.29) is 5.56 Å². The van der Waals surface area contributed by atoms with E-state index in [0.717, 1.165) is 0 Å². The van der Waals surface area contributed by atoms with Gasteiger partial charge in [0.15, 0.2) is 0 Å². The zero-order chi connectivity index (χ0) is 16.0. The number of rotatable bonds is 2. The van der Waals surface area contributed by atoms with Gasteiger partial charge in [-0.05, 0) is 44.5 Å². The molecule has 2 aromatic rings. The second-order valence-electron chi connectivity index (χ2n) is 5.02. The number of halogens is 2. The van der Waals surface area contributed by atoms with Gasteiger partial charge in [-0.2, -0.15) is 8.78 Å². The Kier molecular flexibility index (Phi) is 5.67. The van der Waals surface area contributed by atoms with Gasteiger partial charge in [0.25, 0.3) is 0 Å². The first-order valence-electron chi connectivity index (χ1n) is 6.33. The third-order valence-corrected chi connectivity index (χ3v) is 2.64. The molecule has 0 atom stereocenters. The summed E-state index contributed by atoms with van der Waals surface area (Å²) in [5, 5.41) is 9.39. The van der Waals surface area contributed by atoms with Gasteiger partial charge in [-0.3, -0.25) is 0 Å². The molecule has 2 heterocycles. The second kappa shape index (κ2) is 7.04. The van der Waals surface area contributed by atoms with Crippen molar-refractivity contribution in [2.24, 2.45) is 0 Å². The normalized spacial score (nSPS) is 10.6. The minimum Gasteiger partial charge on any atom is -0.386 e. The maximum absolute atomic E-state index is 12.8. The molecular weight excluding hydrogens is 274 g/mol. The van der Waals surface area contributed by atoms with Crippen molar-refractivity contribution in [1.82, 2.24) is 9.97 Å². The lowest BCUT2D eigenvalue weighted by atomic mass is 10.0. The zero-order valence-electron chi connectivity index (χ0n) is 12.3. The van der Waals surface area contributed by atoms with Gasteiger partial charge >= 0.3 is 0 Å². The number of aromatic nitrogens is 2. The van der Waals surface area contributed by atoms with E-state index < -0.39 is 17.5 Å². The number of allylic oxidation sites excluding steroid dienone is 1. The molecule has 0 saturated heterocycles. The molecule has 3 nitrogen and oxygen atoms in total. The highest BCUT2D eigenvalue weighted by Gasteiger charge is 2.20. The Balaban J connectivity index is 0.000000211. The quantitative estimate of drug-likeness (QED) is 0.858. The molecule has 0 fully saturated rings. The molecule has 0 aliphatic carbocycles. The van der Waals surface area contributed by atoms with Crippen LogP contribution in [0.4, 0.5) is 8.78 Å². The highest BCUT2D eigenvalue weighted by atomic mass is 19.1. The minimum absolute atomic E-state index is 0.222. The third kappa shape index (κ3) is 5.04. The van der Waals surface area contributed by atoms with Crippen molar-refractivity contribution in [2.45, 2.75) is 26.4 Å². The largest absolute Gasteiger partial charge is 0.386 e. The van der Waals surface area contributed by atoms with Crippen LogP contribution in [-0.2, 0) is 5.60 Å². The Morgan fingerprint density at radius 2 is 1.62 bits per heavy atom. The van der Waals surface area contributed by atoms with Crippen molar-refractivity contribution >= 4 is 5.57 Å². The Labute approximate surface area is 123 Å². The van der Waals surface area contributed by atoms with E-state index in [1.54, 1.807) is 25.1 Å². The molecule has 0 bridgehead atoms. The van der Waals surface area contributed by atoms with Crippen LogP contribution >= 0.6 is 0 Å². The van der Waals surface area contributed by atoms with Crippen LogP contribution in [0, 0.1) is 11.9 Å². The molecule has 0 radical (unpaired) electrons. The summed E-state index contributed by atoms with van der Waals surface area (Å²) < 4.78 is 25.5. The molecule has 0 saturated carbocycles. The van der Waals surface area contributed by atoms with Crippen molar-refractivity contribution in [3.05, 3.63) is 66.3 Å². The molecule has 21 heavy (non-hydrogen) atoms. The lowest BCUT2D eigenvalue weighted by Gasteiger charge is -2.16. The SMILES string of the molecule is C=C(C)c1cccnc1F.CC(C)(O)c1cccnc1F. The third-order valence-electron chi connectivity index (χ3n) is 2.64. The van der Waals surface area contributed by atoms with E-state index in [0.29, 0.717) is 11.1 Å². The average molecular weight is 292 g/mol. The molecule has 0 amide bonds. The van der Waals surface area contributed by atoms with Gasteiger partial charge in [0.1, 0.15) is 0 Å². The van der Waals surface area contributed by atoms with Crippen molar-refractivity contribution in [3.63, 3.8) is 0 Å². The van der Waals surface area contributed by atoms with Crippen LogP contribution < -0.4 is 0 Å². The van der Waals surface area contributed by atoms with E-state index in [1.165, 1.54) is 32.3 Å². The summed E-state index contributed by atoms with van der Waals surface area (Å²) in [5.41, 5.74) is 0.256. The van der Waals surface area contributed by atoms with Gasteiger partial charge in [0.2, 0.25) is 11.9 Å². The molecule has 2 rings (SSSR count). The number of aliphatic hydroxyl groups is 1. The van der Waals surface area contributed by atoms with E-state index in [1.807, 2.05) is 0 Å². The minimum atomic E-state index is -1.15. The monoisotopic (exact) mass is 292 g/mol. The van der Waals surface area contributed by atoms with Crippen LogP contribution in [0.3, 0.4) is 0 Å². The van der Waals surface area contributed by atoms with Crippen molar-refractivity contribution in [3.8, 4) is 0 Å². The van der Waals surface area contributed by atoms with Crippen molar-refractivity contribution in [1.29, 1.82) is 0 Å². The predicted octanol–water partition coefficient (Wildman–Crippen LogP) is 3.70. The fraction of sp³-hybridized carbons (Fsp3) is 0.250. The number of pyridine rings is 2. The smallest absolute Gasteiger partial charge is 0.220 e. The van der Waals surface area contributed by atoms with E-state index in [9.17, 15) is 13.9 Å². The summed E-state index contributed by atoms with van der Waals surface area (Å²) in [4.78, 5) is 6.89. The molecule has 112 valence electrons. The van der Waals surface area contributed by atoms with E-state index in [4.69, 9.17) is 0 Å². The topological polar surface area (TPSA) is 46.0 Å². The summed E-state index contributed by atoms with van der Waals surface area (Å²) in [6.07, 6.45) is 2.77. The van der Waals surface area contributed by atoms with Gasteiger partial charge < -0.3 is 5.11 Å². The average Bonchev–Trinajstić information content (AvgIpc) is 2.39. The van der Waals surface area contributed by atoms with Crippen LogP contribution in [0.5, 0.6) is 0 Å². The first-order valence-corrected chi connectivity index (χ1v) is 6.33. The van der Waals surface area contributed by atoms with Crippen LogP contribution in [0.2, 0.25) is 0 Å². The molecule has 2 aromatic heterocycles. The molecule has 1 N–H and O–H groups in total. The maximum Gasteiger partial charge on any atom is 0.220 e. The Bertz CT molecular complexity index is 622. The zero-order valence-corrected chi connectivity index (χ0v) is 12.3. The van der Waals surface area contributed by atoms with Crippen LogP contribution in [0.15, 0.2) is 43.2 Å². The summed E-state index contributed by atoms with van der Waals surface area (Å²) >= 11 is 0. The van der Waals surface area contributed by atoms with Crippen molar-refractivity contribution in [2.75, 3.05) is 0 Å². The first-order chi connectivity index (χ1) is 9.73. The van der Waals surface area contributed by atoms with Gasteiger partial charge in [-0.1, -0.05) is 12.6 Å². The number of hydrogen-bond acceptors (Lipinski definition) is 3. The number of hydrogen-bond donors (Lipinski definition) is 1. The van der Waals surface area contributed by atoms with Gasteiger partial charge in [0.05, 0.1) is 5.60 Å². The predicted molar refractivity (Wildman–Crippen MR) is 78.3 cm³/mol. The molecule has 0 aliphatic rings. The van der Waals surface area contributed by atoms with E-state index in [2.05, 4.69) is 16.5 Å². The Morgan fingerprint density at radius 3 is 1.95 bits per heavy atom. The first kappa shape index (κ1) is 16.9. The highest BCUT2D eigenvalue weighted by Crippen LogP contribution is 2.20. The molecule has 0 aliphatic heterocycles. The summed E-state index contributed by atoms with van der Waals surface area (Å²) in [6, 6.07) is 6.45. The summed E-state index contributed by atoms with van der Waals surface area (Å²) in [5.74, 6) is -1.06. The molecule has 5 heteroatoms. The molecule has 0 unspecified atom stereocenters. The Morgan fingerprint density at radius 1 is 1.10 bits per heavy atom. The molecular formula is C16H18F2N2O. The van der Waals surface area contributed by atoms with E-state index >= 15 is 0 Å². The number of nitrogens with zero attached hydrogens (tertiary/aromatic N) is 2. The van der Waals surface area contributed by atoms with Crippen molar-refractivity contribution < 1.29 is 13.9 Å². The lowest BCUT2D eigenvalue weighted by Crippen LogP contribution is -2.17. The van der Waals surface area contributed by atoms with Gasteiger partial charge in [-0.15, -0.1) is 0 Å². The van der Waals surface area contributed by atoms with Crippen LogP contribution in [0.25, 0.3) is 5.57 Å².